The molecule has 1 aromatic carbocycles. The molecule has 0 nitrogen and oxygen atoms in total. The summed E-state index contributed by atoms with van der Waals surface area (Å²) in [6, 6.07) is 10.8. The van der Waals surface area contributed by atoms with Gasteiger partial charge in [0.05, 0.1) is 0 Å². The Morgan fingerprint density at radius 1 is 1.08 bits per heavy atom. The second kappa shape index (κ2) is 6.72. The lowest BCUT2D eigenvalue weighted by Gasteiger charge is -1.99. The minimum atomic E-state index is -0.340. The van der Waals surface area contributed by atoms with Crippen molar-refractivity contribution in [3.8, 4) is 0 Å². The van der Waals surface area contributed by atoms with Gasteiger partial charge in [-0.2, -0.15) is 0 Å². The Balaban J connectivity index is 0.00000121. The molecule has 0 unspecified atom stereocenters. The first kappa shape index (κ1) is 12.2. The number of rotatable bonds is 3. The molecule has 0 spiro atoms. The third-order valence-electron chi connectivity index (χ3n) is 1.85. The highest BCUT2D eigenvalue weighted by Crippen LogP contribution is 2.04. The van der Waals surface area contributed by atoms with Crippen molar-refractivity contribution in [1.29, 1.82) is 0 Å². The average molecular weight is 243 g/mol. The summed E-state index contributed by atoms with van der Waals surface area (Å²) in [5, 5.41) is 1.43. The maximum atomic E-state index is 2.41. The zero-order valence-electron chi connectivity index (χ0n) is 7.79. The zero-order valence-corrected chi connectivity index (χ0v) is 10.7. The van der Waals surface area contributed by atoms with Crippen LogP contribution in [0.2, 0.25) is 16.9 Å². The van der Waals surface area contributed by atoms with Crippen molar-refractivity contribution in [1.82, 2.24) is 0 Å². The van der Waals surface area contributed by atoms with E-state index < -0.39 is 0 Å². The molecule has 1 rings (SSSR count). The Kier molecular flexibility index (Phi) is 6.85. The van der Waals surface area contributed by atoms with Gasteiger partial charge in [0, 0.05) is 0 Å². The summed E-state index contributed by atoms with van der Waals surface area (Å²) in [5.74, 6) is 4.81. The van der Waals surface area contributed by atoms with Gasteiger partial charge < -0.3 is 0 Å². The predicted octanol–water partition coefficient (Wildman–Crippen LogP) is 3.56. The van der Waals surface area contributed by atoms with Gasteiger partial charge in [-0.15, -0.1) is 28.6 Å². The molecule has 0 saturated carbocycles. The van der Waals surface area contributed by atoms with E-state index in [0.29, 0.717) is 0 Å². The molecule has 0 heterocycles. The maximum Gasteiger partial charge on any atom is 0.255 e. The molecule has 0 amide bonds. The van der Waals surface area contributed by atoms with Crippen LogP contribution in [-0.2, 0) is 6.42 Å². The quantitative estimate of drug-likeness (QED) is 0.712. The summed E-state index contributed by atoms with van der Waals surface area (Å²) >= 11 is -0.340. The van der Waals surface area contributed by atoms with Gasteiger partial charge in [-0.1, -0.05) is 35.6 Å². The fourth-order valence-electron chi connectivity index (χ4n) is 1.10. The van der Waals surface area contributed by atoms with Crippen molar-refractivity contribution >= 4 is 31.1 Å². The lowest BCUT2D eigenvalue weighted by atomic mass is 10.2. The molecule has 0 fully saturated rings. The first-order valence-corrected chi connectivity index (χ1v) is 7.45. The van der Waals surface area contributed by atoms with Crippen LogP contribution in [0.15, 0.2) is 30.3 Å². The molecule has 66 valence electrons. The van der Waals surface area contributed by atoms with Crippen LogP contribution in [0.1, 0.15) is 5.56 Å². The Bertz CT molecular complexity index is 196. The zero-order chi connectivity index (χ0) is 8.10. The number of hydrogen-bond acceptors (Lipinski definition) is 0. The first-order chi connectivity index (χ1) is 5.29. The first-order valence-electron chi connectivity index (χ1n) is 4.33. The van der Waals surface area contributed by atoms with Crippen LogP contribution >= 0.6 is 17.0 Å². The highest BCUT2D eigenvalue weighted by atomic mass is 79.9. The second-order valence-corrected chi connectivity index (χ2v) is 6.78. The molecule has 1 aromatic rings. The number of halogens is 1. The Morgan fingerprint density at radius 3 is 2.17 bits per heavy atom. The fraction of sp³-hybridized carbons (Fsp3) is 0.400. The third kappa shape index (κ3) is 4.98. The van der Waals surface area contributed by atoms with Crippen molar-refractivity contribution in [2.45, 2.75) is 23.3 Å². The number of benzene rings is 1. The second-order valence-electron chi connectivity index (χ2n) is 3.42. The van der Waals surface area contributed by atoms with E-state index in [0.717, 1.165) is 0 Å². The maximum absolute atomic E-state index is 2.41. The van der Waals surface area contributed by atoms with Crippen LogP contribution < -0.4 is 0 Å². The van der Waals surface area contributed by atoms with Crippen LogP contribution in [0.5, 0.6) is 0 Å². The molecule has 12 heavy (non-hydrogen) atoms. The van der Waals surface area contributed by atoms with E-state index in [2.05, 4.69) is 41.9 Å². The molecule has 0 bridgehead atoms. The van der Waals surface area contributed by atoms with Crippen molar-refractivity contribution < 1.29 is 0 Å². The predicted molar refractivity (Wildman–Crippen MR) is 62.8 cm³/mol. The standard InChI is InChI=1S/C8H9.2CH3.Al.BrH/c1-2-8-6-4-3-5-7-8;;;;/h3-7H,1-2H2;2*1H3;;1H. The average Bonchev–Trinajstić information content (AvgIpc) is 2.03. The van der Waals surface area contributed by atoms with Crippen LogP contribution in [0.3, 0.4) is 0 Å². The summed E-state index contributed by atoms with van der Waals surface area (Å²) in [6.45, 7) is 0. The van der Waals surface area contributed by atoms with Crippen LogP contribution in [0.25, 0.3) is 0 Å². The lowest BCUT2D eigenvalue weighted by molar-refractivity contribution is 1.11. The minimum Gasteiger partial charge on any atom is -0.114 e. The van der Waals surface area contributed by atoms with Crippen molar-refractivity contribution in [2.24, 2.45) is 0 Å². The van der Waals surface area contributed by atoms with E-state index in [9.17, 15) is 0 Å². The number of hydrogen-bond donors (Lipinski definition) is 0. The van der Waals surface area contributed by atoms with Crippen molar-refractivity contribution in [3.05, 3.63) is 35.9 Å². The highest BCUT2D eigenvalue weighted by Gasteiger charge is 2.00. The van der Waals surface area contributed by atoms with Gasteiger partial charge in [-0.3, -0.25) is 0 Å². The molecule has 0 radical (unpaired) electrons. The molecular formula is C10H16AlBr. The molecule has 2 heteroatoms. The summed E-state index contributed by atoms with van der Waals surface area (Å²) in [6.07, 6.45) is 1.28. The van der Waals surface area contributed by atoms with Gasteiger partial charge >= 0.3 is 0 Å². The summed E-state index contributed by atoms with van der Waals surface area (Å²) in [4.78, 5) is 0. The number of aryl methyl sites for hydroxylation is 1. The molecule has 0 atom stereocenters. The van der Waals surface area contributed by atoms with E-state index in [1.807, 2.05) is 0 Å². The van der Waals surface area contributed by atoms with Crippen LogP contribution in [0.4, 0.5) is 0 Å². The van der Waals surface area contributed by atoms with E-state index in [1.54, 1.807) is 0 Å². The molecule has 0 aliphatic heterocycles. The molecular weight excluding hydrogens is 227 g/mol. The van der Waals surface area contributed by atoms with Crippen molar-refractivity contribution in [3.63, 3.8) is 0 Å². The van der Waals surface area contributed by atoms with Crippen LogP contribution in [-0.4, -0.2) is 14.1 Å². The van der Waals surface area contributed by atoms with Gasteiger partial charge in [-0.25, -0.2) is 0 Å². The summed E-state index contributed by atoms with van der Waals surface area (Å²) in [5.41, 5.74) is 1.49. The third-order valence-corrected chi connectivity index (χ3v) is 3.30. The largest absolute Gasteiger partial charge is 0.255 e. The van der Waals surface area contributed by atoms with Gasteiger partial charge in [0.2, 0.25) is 0 Å². The highest BCUT2D eigenvalue weighted by molar-refractivity contribution is 8.93. The molecule has 0 aromatic heterocycles. The topological polar surface area (TPSA) is 0 Å². The van der Waals surface area contributed by atoms with E-state index >= 15 is 0 Å². The molecule has 0 aliphatic carbocycles. The monoisotopic (exact) mass is 242 g/mol. The lowest BCUT2D eigenvalue weighted by Crippen LogP contribution is -2.00. The smallest absolute Gasteiger partial charge is 0.114 e. The molecule has 0 N–H and O–H groups in total. The van der Waals surface area contributed by atoms with Crippen molar-refractivity contribution in [2.75, 3.05) is 0 Å². The molecule has 0 saturated heterocycles. The fourth-order valence-corrected chi connectivity index (χ4v) is 2.01. The molecule has 0 aliphatic rings. The minimum absolute atomic E-state index is 0. The van der Waals surface area contributed by atoms with E-state index in [1.165, 1.54) is 17.3 Å². The SMILES string of the molecule is Br.[CH3][Al]([CH3])[CH2]Cc1ccccc1. The Labute approximate surface area is 90.2 Å². The van der Waals surface area contributed by atoms with Gasteiger partial charge in [0.1, 0.15) is 0 Å². The summed E-state index contributed by atoms with van der Waals surface area (Å²) in [7, 11) is 0. The van der Waals surface area contributed by atoms with Crippen LogP contribution in [0, 0.1) is 0 Å². The van der Waals surface area contributed by atoms with Gasteiger partial charge in [0.25, 0.3) is 14.1 Å². The normalized spacial score (nSPS) is 8.83. The van der Waals surface area contributed by atoms with Gasteiger partial charge in [0.15, 0.2) is 0 Å². The Hall–Kier alpha value is 0.232. The summed E-state index contributed by atoms with van der Waals surface area (Å²) < 4.78 is 0. The van der Waals surface area contributed by atoms with E-state index in [4.69, 9.17) is 0 Å². The van der Waals surface area contributed by atoms with E-state index in [-0.39, 0.29) is 31.1 Å². The van der Waals surface area contributed by atoms with Gasteiger partial charge in [-0.05, 0) is 12.0 Å². The Morgan fingerprint density at radius 2 is 1.67 bits per heavy atom.